The summed E-state index contributed by atoms with van der Waals surface area (Å²) in [6, 6.07) is 45.2. The summed E-state index contributed by atoms with van der Waals surface area (Å²) in [5.74, 6) is 1.22. The lowest BCUT2D eigenvalue weighted by Gasteiger charge is -2.32. The van der Waals surface area contributed by atoms with Crippen molar-refractivity contribution in [3.63, 3.8) is 0 Å². The molecule has 1 aliphatic heterocycles. The van der Waals surface area contributed by atoms with E-state index in [2.05, 4.69) is 5.43 Å². The third-order valence-electron chi connectivity index (χ3n) is 11.6. The summed E-state index contributed by atoms with van der Waals surface area (Å²) in [6.45, 7) is 5.24. The lowest BCUT2D eigenvalue weighted by molar-refractivity contribution is -0.00256. The number of nitrogens with zero attached hydrogens (tertiary/aromatic N) is 5. The topological polar surface area (TPSA) is 113 Å². The molecule has 1 N–H and O–H groups in total. The molecule has 1 fully saturated rings. The van der Waals surface area contributed by atoms with Crippen LogP contribution in [-0.4, -0.2) is 55.2 Å². The second-order valence-electron chi connectivity index (χ2n) is 16.3. The molecule has 1 saturated heterocycles. The summed E-state index contributed by atoms with van der Waals surface area (Å²) in [5, 5.41) is 3.44. The van der Waals surface area contributed by atoms with E-state index in [0.29, 0.717) is 98.4 Å². The first-order chi connectivity index (χ1) is 33.0. The van der Waals surface area contributed by atoms with Crippen LogP contribution in [0.25, 0.3) is 34.2 Å². The van der Waals surface area contributed by atoms with E-state index < -0.39 is 18.0 Å². The van der Waals surface area contributed by atoms with Gasteiger partial charge in [-0.25, -0.2) is 19.8 Å². The van der Waals surface area contributed by atoms with Gasteiger partial charge in [0.05, 0.1) is 28.0 Å². The summed E-state index contributed by atoms with van der Waals surface area (Å²) in [7, 11) is 0. The van der Waals surface area contributed by atoms with Crippen molar-refractivity contribution in [2.45, 2.75) is 46.0 Å². The highest BCUT2D eigenvalue weighted by atomic mass is 35.5. The molecule has 1 amide bonds. The molecule has 344 valence electrons. The predicted octanol–water partition coefficient (Wildman–Crippen LogP) is 12.7. The normalized spacial score (nSPS) is 13.8. The van der Waals surface area contributed by atoms with Gasteiger partial charge in [0.2, 0.25) is 0 Å². The zero-order valence-corrected chi connectivity index (χ0v) is 40.0. The molecular weight excluding hydrogens is 942 g/mol. The van der Waals surface area contributed by atoms with Gasteiger partial charge in [-0.2, -0.15) is 0 Å². The Labute approximate surface area is 413 Å². The van der Waals surface area contributed by atoms with E-state index in [4.69, 9.17) is 70.6 Å². The minimum atomic E-state index is -0.607. The van der Waals surface area contributed by atoms with Gasteiger partial charge in [-0.15, -0.1) is 0 Å². The van der Waals surface area contributed by atoms with E-state index in [1.807, 2.05) is 132 Å². The van der Waals surface area contributed by atoms with Gasteiger partial charge in [-0.05, 0) is 123 Å². The summed E-state index contributed by atoms with van der Waals surface area (Å²) in [4.78, 5) is 38.0. The molecule has 0 bridgehead atoms. The zero-order chi connectivity index (χ0) is 47.3. The molecule has 6 aromatic carbocycles. The molecule has 8 aromatic rings. The molecule has 1 aliphatic rings. The Morgan fingerprint density at radius 2 is 1.09 bits per heavy atom. The Hall–Kier alpha value is -6.60. The number of esters is 1. The van der Waals surface area contributed by atoms with Crippen LogP contribution in [0.3, 0.4) is 0 Å². The van der Waals surface area contributed by atoms with Gasteiger partial charge in [0, 0.05) is 39.1 Å². The first kappa shape index (κ1) is 46.5. The van der Waals surface area contributed by atoms with Crippen molar-refractivity contribution in [2.24, 2.45) is 0 Å². The number of ether oxygens (including phenoxy) is 3. The molecule has 68 heavy (non-hydrogen) atoms. The van der Waals surface area contributed by atoms with Gasteiger partial charge < -0.3 is 14.2 Å². The van der Waals surface area contributed by atoms with E-state index in [-0.39, 0.29) is 17.9 Å². The predicted molar refractivity (Wildman–Crippen MR) is 267 cm³/mol. The SMILES string of the molecule is Cc1c(C(=O)NN2CCCC(OC(=O)c3nc(-c4ccc(Cl)cc4Cl)n(-c4ccc(OCc5ccccc5)cc4)c3C)C2)nc(-c2ccc(Cl)cc2Cl)n1-c1ccc(OCc2ccccc2)cc1. The van der Waals surface area contributed by atoms with Gasteiger partial charge in [0.1, 0.15) is 42.5 Å². The van der Waals surface area contributed by atoms with E-state index in [0.717, 1.165) is 22.5 Å². The van der Waals surface area contributed by atoms with Crippen LogP contribution in [0.1, 0.15) is 56.3 Å². The number of carbonyl (C=O) groups is 2. The molecule has 3 heterocycles. The quantitative estimate of drug-likeness (QED) is 0.107. The molecule has 2 aromatic heterocycles. The standard InChI is InChI=1S/C53H44Cl4N6O5/c1-33-48(58-50(44-25-15-37(54)28-46(44)56)62(33)39-17-21-41(22-18-39)66-31-35-10-5-3-6-11-35)52(64)60-61-27-9-14-43(30-61)68-53(65)49-34(2)63(51(59-49)45-26-16-38(55)29-47(45)57)40-19-23-42(24-20-40)67-32-36-12-7-4-8-13-36/h3-8,10-13,15-26,28-29,43H,9,14,27,30-32H2,1-2H3,(H,60,64). The van der Waals surface area contributed by atoms with Crippen LogP contribution >= 0.6 is 46.4 Å². The number of piperidine rings is 1. The lowest BCUT2D eigenvalue weighted by atomic mass is 10.1. The minimum Gasteiger partial charge on any atom is -0.489 e. The van der Waals surface area contributed by atoms with E-state index in [1.54, 1.807) is 41.4 Å². The fraction of sp³-hybridized carbons (Fsp3) is 0.170. The molecule has 0 saturated carbocycles. The van der Waals surface area contributed by atoms with Crippen LogP contribution in [0, 0.1) is 13.8 Å². The molecule has 0 spiro atoms. The van der Waals surface area contributed by atoms with Crippen LogP contribution in [0.4, 0.5) is 0 Å². The molecule has 1 unspecified atom stereocenters. The first-order valence-corrected chi connectivity index (χ1v) is 23.4. The number of carbonyl (C=O) groups excluding carboxylic acids is 2. The fourth-order valence-corrected chi connectivity index (χ4v) is 9.14. The number of halogens is 4. The molecule has 0 aliphatic carbocycles. The first-order valence-electron chi connectivity index (χ1n) is 21.9. The average Bonchev–Trinajstić information content (AvgIpc) is 3.87. The monoisotopic (exact) mass is 984 g/mol. The van der Waals surface area contributed by atoms with Crippen molar-refractivity contribution >= 4 is 58.3 Å². The maximum Gasteiger partial charge on any atom is 0.359 e. The van der Waals surface area contributed by atoms with E-state index >= 15 is 0 Å². The summed E-state index contributed by atoms with van der Waals surface area (Å²) in [6.07, 6.45) is 0.665. The molecular formula is C53H44Cl4N6O5. The second-order valence-corrected chi connectivity index (χ2v) is 17.9. The van der Waals surface area contributed by atoms with Crippen molar-refractivity contribution in [3.05, 3.63) is 200 Å². The molecule has 11 nitrogen and oxygen atoms in total. The number of hydrogen-bond donors (Lipinski definition) is 1. The maximum absolute atomic E-state index is 14.2. The zero-order valence-electron chi connectivity index (χ0n) is 37.0. The van der Waals surface area contributed by atoms with Crippen molar-refractivity contribution < 1.29 is 23.8 Å². The Morgan fingerprint density at radius 1 is 0.618 bits per heavy atom. The Kier molecular flexibility index (Phi) is 14.2. The van der Waals surface area contributed by atoms with Gasteiger partial charge in [0.25, 0.3) is 5.91 Å². The Bertz CT molecular complexity index is 2880. The summed E-state index contributed by atoms with van der Waals surface area (Å²) < 4.78 is 22.0. The largest absolute Gasteiger partial charge is 0.489 e. The molecule has 9 rings (SSSR count). The number of hydrogen-bond acceptors (Lipinski definition) is 8. The summed E-state index contributed by atoms with van der Waals surface area (Å²) in [5.41, 5.74) is 9.24. The van der Waals surface area contributed by atoms with E-state index in [9.17, 15) is 9.59 Å². The third-order valence-corrected chi connectivity index (χ3v) is 12.7. The lowest BCUT2D eigenvalue weighted by Crippen LogP contribution is -2.50. The van der Waals surface area contributed by atoms with Gasteiger partial charge >= 0.3 is 5.97 Å². The summed E-state index contributed by atoms with van der Waals surface area (Å²) >= 11 is 26.1. The number of aromatic nitrogens is 4. The molecule has 0 radical (unpaired) electrons. The van der Waals surface area contributed by atoms with Crippen LogP contribution in [0.5, 0.6) is 11.5 Å². The number of nitrogens with one attached hydrogen (secondary N) is 1. The Balaban J connectivity index is 0.928. The molecule has 15 heteroatoms. The smallest absolute Gasteiger partial charge is 0.359 e. The Morgan fingerprint density at radius 3 is 1.57 bits per heavy atom. The average molecular weight is 987 g/mol. The van der Waals surface area contributed by atoms with Crippen LogP contribution in [-0.2, 0) is 18.0 Å². The van der Waals surface area contributed by atoms with Crippen molar-refractivity contribution in [2.75, 3.05) is 13.1 Å². The van der Waals surface area contributed by atoms with Crippen LogP contribution in [0.2, 0.25) is 20.1 Å². The minimum absolute atomic E-state index is 0.127. The number of rotatable bonds is 14. The molecule has 1 atom stereocenters. The maximum atomic E-state index is 14.2. The van der Waals surface area contributed by atoms with Gasteiger partial charge in [-0.1, -0.05) is 107 Å². The number of benzene rings is 6. The van der Waals surface area contributed by atoms with Crippen LogP contribution < -0.4 is 14.9 Å². The number of amides is 1. The van der Waals surface area contributed by atoms with Crippen molar-refractivity contribution in [1.29, 1.82) is 0 Å². The highest BCUT2D eigenvalue weighted by molar-refractivity contribution is 6.37. The number of hydrazine groups is 1. The fourth-order valence-electron chi connectivity index (χ4n) is 8.15. The third kappa shape index (κ3) is 10.4. The van der Waals surface area contributed by atoms with Crippen molar-refractivity contribution in [1.82, 2.24) is 29.5 Å². The number of imidazole rings is 2. The second kappa shape index (κ2) is 20.7. The highest BCUT2D eigenvalue weighted by Gasteiger charge is 2.31. The van der Waals surface area contributed by atoms with Gasteiger partial charge in [0.15, 0.2) is 11.4 Å². The van der Waals surface area contributed by atoms with E-state index in [1.165, 1.54) is 0 Å². The van der Waals surface area contributed by atoms with Crippen molar-refractivity contribution in [3.8, 4) is 45.6 Å². The highest BCUT2D eigenvalue weighted by Crippen LogP contribution is 2.36. The van der Waals surface area contributed by atoms with Gasteiger partial charge in [-0.3, -0.25) is 19.4 Å². The van der Waals surface area contributed by atoms with Crippen LogP contribution in [0.15, 0.2) is 146 Å².